The lowest BCUT2D eigenvalue weighted by atomic mass is 10.00. The molecule has 14 heteroatoms. The molecule has 2 aromatic carbocycles. The van der Waals surface area contributed by atoms with Crippen LogP contribution in [0.2, 0.25) is 0 Å². The average molecular weight is 564 g/mol. The van der Waals surface area contributed by atoms with Gasteiger partial charge in [-0.1, -0.05) is 0 Å². The fourth-order valence-corrected chi connectivity index (χ4v) is 4.48. The molecule has 14 nitrogen and oxygen atoms in total. The van der Waals surface area contributed by atoms with Crippen molar-refractivity contribution >= 4 is 11.0 Å². The van der Waals surface area contributed by atoms with E-state index in [4.69, 9.17) is 23.4 Å². The molecule has 8 N–H and O–H groups in total. The third kappa shape index (κ3) is 5.07. The van der Waals surface area contributed by atoms with Gasteiger partial charge in [0.05, 0.1) is 12.7 Å². The van der Waals surface area contributed by atoms with E-state index in [1.54, 1.807) is 0 Å². The molecule has 2 aliphatic heterocycles. The van der Waals surface area contributed by atoms with Crippen molar-refractivity contribution in [2.75, 3.05) is 6.61 Å². The van der Waals surface area contributed by atoms with Crippen LogP contribution in [-0.4, -0.2) is 103 Å². The summed E-state index contributed by atoms with van der Waals surface area (Å²) in [6.07, 6.45) is -13.3. The van der Waals surface area contributed by atoms with Gasteiger partial charge in [-0.05, 0) is 31.2 Å². The van der Waals surface area contributed by atoms with E-state index in [0.29, 0.717) is 0 Å². The molecule has 40 heavy (non-hydrogen) atoms. The van der Waals surface area contributed by atoms with Crippen LogP contribution in [0.3, 0.4) is 0 Å². The summed E-state index contributed by atoms with van der Waals surface area (Å²) in [6, 6.07) is 7.69. The number of aromatic hydroxyl groups is 2. The lowest BCUT2D eigenvalue weighted by Gasteiger charge is -2.38. The number of fused-ring (bicyclic) bond motifs is 1. The predicted octanol–water partition coefficient (Wildman–Crippen LogP) is -1.10. The van der Waals surface area contributed by atoms with Crippen molar-refractivity contribution < 1.29 is 64.2 Å². The molecule has 3 heterocycles. The van der Waals surface area contributed by atoms with Gasteiger partial charge < -0.3 is 64.2 Å². The van der Waals surface area contributed by atoms with Gasteiger partial charge in [-0.25, -0.2) is 0 Å². The van der Waals surface area contributed by atoms with Gasteiger partial charge in [-0.2, -0.15) is 0 Å². The molecule has 9 atom stereocenters. The third-order valence-electron chi connectivity index (χ3n) is 6.78. The lowest BCUT2D eigenvalue weighted by molar-refractivity contribution is -0.268. The summed E-state index contributed by atoms with van der Waals surface area (Å²) >= 11 is 0. The van der Waals surface area contributed by atoms with Gasteiger partial charge >= 0.3 is 0 Å². The minimum atomic E-state index is -1.76. The lowest BCUT2D eigenvalue weighted by Crippen LogP contribution is -2.58. The van der Waals surface area contributed by atoms with Crippen LogP contribution in [0.1, 0.15) is 6.92 Å². The standard InChI is InChI=1S/C26H28O14/c1-9-17(30)20(33)22(35)26(37-9)40-24-19(32)16-13(28)6-12(38-25-21(34)18(31)14(29)8-36-25)7-15(16)39-23(24)10-2-4-11(27)5-3-10/h2-7,9,14,17-18,20-22,25-31,33-35H,8H2,1H3/t9?,14-,17-,18-,20?,21?,22-,25-,26-/m0/s1. The molecule has 0 radical (unpaired) electrons. The van der Waals surface area contributed by atoms with Crippen molar-refractivity contribution in [1.82, 2.24) is 0 Å². The second-order valence-corrected chi connectivity index (χ2v) is 9.62. The van der Waals surface area contributed by atoms with Crippen LogP contribution in [-0.2, 0) is 9.47 Å². The summed E-state index contributed by atoms with van der Waals surface area (Å²) in [6.45, 7) is 1.10. The van der Waals surface area contributed by atoms with Crippen molar-refractivity contribution in [3.05, 3.63) is 46.6 Å². The highest BCUT2D eigenvalue weighted by Gasteiger charge is 2.44. The average Bonchev–Trinajstić information content (AvgIpc) is 2.92. The molecule has 2 saturated heterocycles. The first-order valence-corrected chi connectivity index (χ1v) is 12.3. The molecule has 5 rings (SSSR count). The van der Waals surface area contributed by atoms with Crippen LogP contribution in [0.25, 0.3) is 22.3 Å². The molecule has 216 valence electrons. The van der Waals surface area contributed by atoms with Gasteiger partial charge in [0, 0.05) is 17.7 Å². The predicted molar refractivity (Wildman–Crippen MR) is 133 cm³/mol. The number of phenolic OH excluding ortho intramolecular Hbond substituents is 2. The van der Waals surface area contributed by atoms with Gasteiger partial charge in [-0.3, -0.25) is 4.79 Å². The zero-order chi connectivity index (χ0) is 28.9. The molecule has 0 amide bonds. The summed E-state index contributed by atoms with van der Waals surface area (Å²) < 4.78 is 27.9. The maximum absolute atomic E-state index is 13.6. The summed E-state index contributed by atoms with van der Waals surface area (Å²) in [4.78, 5) is 13.6. The number of ether oxygens (including phenoxy) is 4. The zero-order valence-electron chi connectivity index (χ0n) is 20.9. The van der Waals surface area contributed by atoms with Crippen molar-refractivity contribution in [2.45, 2.75) is 62.2 Å². The number of hydrogen-bond acceptors (Lipinski definition) is 14. The fourth-order valence-electron chi connectivity index (χ4n) is 4.48. The highest BCUT2D eigenvalue weighted by molar-refractivity contribution is 5.88. The number of hydrogen-bond donors (Lipinski definition) is 8. The Labute approximate surface area is 225 Å². The molecule has 0 aliphatic carbocycles. The van der Waals surface area contributed by atoms with E-state index < -0.39 is 72.2 Å². The van der Waals surface area contributed by atoms with Gasteiger partial charge in [0.15, 0.2) is 5.76 Å². The molecule has 0 spiro atoms. The summed E-state index contributed by atoms with van der Waals surface area (Å²) in [5, 5.41) is 80.5. The van der Waals surface area contributed by atoms with E-state index in [-0.39, 0.29) is 40.4 Å². The van der Waals surface area contributed by atoms with E-state index in [1.807, 2.05) is 0 Å². The van der Waals surface area contributed by atoms with Crippen LogP contribution in [0.15, 0.2) is 45.6 Å². The summed E-state index contributed by atoms with van der Waals surface area (Å²) in [5.74, 6) is -1.54. The van der Waals surface area contributed by atoms with E-state index in [0.717, 1.165) is 6.07 Å². The van der Waals surface area contributed by atoms with Crippen molar-refractivity contribution in [3.8, 4) is 34.3 Å². The van der Waals surface area contributed by atoms with Crippen LogP contribution in [0, 0.1) is 0 Å². The Balaban J connectivity index is 1.58. The Morgan fingerprint density at radius 3 is 2.20 bits per heavy atom. The Hall–Kier alpha value is -3.47. The number of rotatable bonds is 5. The van der Waals surface area contributed by atoms with Crippen LogP contribution < -0.4 is 14.9 Å². The number of aliphatic hydroxyl groups excluding tert-OH is 6. The SMILES string of the molecule is CC1O[C@@H](Oc2c(-c3ccc(O)cc3)oc3cc(O[C@@H]4OC[C@H](O)[C@H](O)C4O)cc(O)c3c2=O)[C@@H](O)C(O)[C@H]1O. The van der Waals surface area contributed by atoms with Crippen molar-refractivity contribution in [1.29, 1.82) is 0 Å². The summed E-state index contributed by atoms with van der Waals surface area (Å²) in [5.41, 5.74) is -0.861. The molecule has 0 saturated carbocycles. The highest BCUT2D eigenvalue weighted by atomic mass is 16.7. The van der Waals surface area contributed by atoms with Crippen LogP contribution >= 0.6 is 0 Å². The minimum absolute atomic E-state index is 0.0852. The molecule has 1 aromatic heterocycles. The third-order valence-corrected chi connectivity index (χ3v) is 6.78. The quantitative estimate of drug-likeness (QED) is 0.184. The maximum Gasteiger partial charge on any atom is 0.239 e. The number of phenols is 2. The fraction of sp³-hybridized carbons (Fsp3) is 0.423. The Bertz CT molecular complexity index is 1420. The van der Waals surface area contributed by atoms with Gasteiger partial charge in [0.1, 0.15) is 64.8 Å². The van der Waals surface area contributed by atoms with Gasteiger partial charge in [0.2, 0.25) is 23.8 Å². The number of benzene rings is 2. The van der Waals surface area contributed by atoms with Crippen molar-refractivity contribution in [2.24, 2.45) is 0 Å². The number of aliphatic hydroxyl groups is 6. The Morgan fingerprint density at radius 1 is 0.825 bits per heavy atom. The topological polar surface area (TPSA) is 229 Å². The van der Waals surface area contributed by atoms with Gasteiger partial charge in [-0.15, -0.1) is 0 Å². The molecule has 3 aromatic rings. The monoisotopic (exact) mass is 564 g/mol. The van der Waals surface area contributed by atoms with E-state index in [9.17, 15) is 45.6 Å². The van der Waals surface area contributed by atoms with Crippen molar-refractivity contribution in [3.63, 3.8) is 0 Å². The Kier molecular flexibility index (Phi) is 7.60. The second-order valence-electron chi connectivity index (χ2n) is 9.62. The molecular weight excluding hydrogens is 536 g/mol. The smallest absolute Gasteiger partial charge is 0.239 e. The van der Waals surface area contributed by atoms with E-state index in [1.165, 1.54) is 37.3 Å². The molecule has 2 fully saturated rings. The summed E-state index contributed by atoms with van der Waals surface area (Å²) in [7, 11) is 0. The first kappa shape index (κ1) is 28.1. The van der Waals surface area contributed by atoms with Gasteiger partial charge in [0.25, 0.3) is 0 Å². The molecular formula is C26H28O14. The Morgan fingerprint density at radius 2 is 1.50 bits per heavy atom. The molecule has 0 bridgehead atoms. The zero-order valence-corrected chi connectivity index (χ0v) is 20.9. The van der Waals surface area contributed by atoms with Crippen LogP contribution in [0.5, 0.6) is 23.0 Å². The largest absolute Gasteiger partial charge is 0.508 e. The van der Waals surface area contributed by atoms with E-state index in [2.05, 4.69) is 0 Å². The molecule has 2 aliphatic rings. The highest BCUT2D eigenvalue weighted by Crippen LogP contribution is 2.38. The first-order chi connectivity index (χ1) is 19.0. The van der Waals surface area contributed by atoms with Crippen LogP contribution in [0.4, 0.5) is 0 Å². The van der Waals surface area contributed by atoms with E-state index >= 15 is 0 Å². The minimum Gasteiger partial charge on any atom is -0.508 e. The maximum atomic E-state index is 13.6. The molecule has 3 unspecified atom stereocenters. The normalized spacial score (nSPS) is 32.6. The second kappa shape index (κ2) is 10.8. The first-order valence-electron chi connectivity index (χ1n) is 12.3.